The lowest BCUT2D eigenvalue weighted by Crippen LogP contribution is -2.17. The first-order valence-electron chi connectivity index (χ1n) is 8.79. The van der Waals surface area contributed by atoms with Gasteiger partial charge in [-0.2, -0.15) is 0 Å². The van der Waals surface area contributed by atoms with Crippen molar-refractivity contribution in [1.82, 2.24) is 4.98 Å². The summed E-state index contributed by atoms with van der Waals surface area (Å²) in [6, 6.07) is 11.0. The monoisotopic (exact) mass is 389 g/mol. The number of ether oxygens (including phenoxy) is 2. The third-order valence-electron chi connectivity index (χ3n) is 3.90. The van der Waals surface area contributed by atoms with Gasteiger partial charge in [-0.3, -0.25) is 0 Å². The van der Waals surface area contributed by atoms with Crippen LogP contribution in [0.4, 0.5) is 0 Å². The number of H-pyrrole nitrogens is 1. The van der Waals surface area contributed by atoms with E-state index in [1.165, 1.54) is 6.20 Å². The smallest absolute Gasteiger partial charge is 0.337 e. The number of nitrogens with one attached hydrogen (secondary N) is 1. The molecule has 0 saturated carbocycles. The van der Waals surface area contributed by atoms with E-state index in [0.29, 0.717) is 22.5 Å². The van der Waals surface area contributed by atoms with Gasteiger partial charge in [0, 0.05) is 29.8 Å². The van der Waals surface area contributed by atoms with Crippen LogP contribution in [-0.4, -0.2) is 35.9 Å². The van der Waals surface area contributed by atoms with Gasteiger partial charge in [-0.05, 0) is 36.8 Å². The summed E-state index contributed by atoms with van der Waals surface area (Å²) in [6.45, 7) is 6.44. The van der Waals surface area contributed by atoms with E-state index in [1.54, 1.807) is 19.2 Å². The topological polar surface area (TPSA) is 71.6 Å². The second-order valence-electron chi connectivity index (χ2n) is 5.79. The first kappa shape index (κ1) is 20.8. The highest BCUT2D eigenvalue weighted by Gasteiger charge is 2.14. The molecule has 0 aliphatic heterocycles. The fraction of sp³-hybridized carbons (Fsp3) is 0.286. The standard InChI is InChI=1S/C19H18ClNO4.C2H6/c1-11(10-24-2)25-13-5-3-12(4-6-13)14-7-15-16(19(22)23)9-21-18(15)8-17(14)20;1-2/h3-9,11,21H,10H2,1-2H3,(H,22,23);1-2H3/t11-;/m0./s1. The quantitative estimate of drug-likeness (QED) is 0.573. The molecule has 0 saturated heterocycles. The normalized spacial score (nSPS) is 11.6. The Labute approximate surface area is 163 Å². The zero-order valence-corrected chi connectivity index (χ0v) is 16.6. The van der Waals surface area contributed by atoms with Gasteiger partial charge in [0.15, 0.2) is 0 Å². The van der Waals surface area contributed by atoms with Crippen molar-refractivity contribution in [1.29, 1.82) is 0 Å². The number of rotatable bonds is 6. The molecule has 1 aromatic heterocycles. The molecule has 2 aromatic carbocycles. The fourth-order valence-corrected chi connectivity index (χ4v) is 3.03. The molecule has 0 amide bonds. The molecule has 1 atom stereocenters. The van der Waals surface area contributed by atoms with Crippen LogP contribution < -0.4 is 4.74 Å². The number of fused-ring (bicyclic) bond motifs is 1. The fourth-order valence-electron chi connectivity index (χ4n) is 2.76. The summed E-state index contributed by atoms with van der Waals surface area (Å²) in [5, 5.41) is 10.5. The van der Waals surface area contributed by atoms with Gasteiger partial charge in [0.2, 0.25) is 0 Å². The van der Waals surface area contributed by atoms with Gasteiger partial charge >= 0.3 is 5.97 Å². The molecule has 0 bridgehead atoms. The van der Waals surface area contributed by atoms with Crippen molar-refractivity contribution in [2.24, 2.45) is 0 Å². The molecule has 3 aromatic rings. The predicted molar refractivity (Wildman–Crippen MR) is 109 cm³/mol. The number of hydrogen-bond acceptors (Lipinski definition) is 3. The Morgan fingerprint density at radius 2 is 1.89 bits per heavy atom. The summed E-state index contributed by atoms with van der Waals surface area (Å²) in [4.78, 5) is 14.3. The van der Waals surface area contributed by atoms with E-state index in [2.05, 4.69) is 4.98 Å². The van der Waals surface area contributed by atoms with E-state index >= 15 is 0 Å². The minimum Gasteiger partial charge on any atom is -0.488 e. The number of halogens is 1. The van der Waals surface area contributed by atoms with Crippen LogP contribution in [0.5, 0.6) is 5.75 Å². The second-order valence-corrected chi connectivity index (χ2v) is 6.20. The Balaban J connectivity index is 0.00000126. The van der Waals surface area contributed by atoms with Crippen molar-refractivity contribution < 1.29 is 19.4 Å². The molecule has 0 aliphatic rings. The SMILES string of the molecule is CC.COC[C@H](C)Oc1ccc(-c2cc3c(C(=O)O)c[nH]c3cc2Cl)cc1. The summed E-state index contributed by atoms with van der Waals surface area (Å²) in [7, 11) is 1.63. The summed E-state index contributed by atoms with van der Waals surface area (Å²) >= 11 is 6.38. The second kappa shape index (κ2) is 9.44. The Morgan fingerprint density at radius 3 is 2.48 bits per heavy atom. The number of methoxy groups -OCH3 is 1. The van der Waals surface area contributed by atoms with Crippen LogP contribution in [0, 0.1) is 0 Å². The third kappa shape index (κ3) is 4.81. The van der Waals surface area contributed by atoms with Crippen LogP contribution in [0.25, 0.3) is 22.0 Å². The van der Waals surface area contributed by atoms with Crippen molar-refractivity contribution in [3.63, 3.8) is 0 Å². The molecular weight excluding hydrogens is 366 g/mol. The lowest BCUT2D eigenvalue weighted by atomic mass is 10.0. The molecule has 0 spiro atoms. The number of hydrogen-bond donors (Lipinski definition) is 2. The molecule has 6 heteroatoms. The van der Waals surface area contributed by atoms with Crippen molar-refractivity contribution in [3.05, 3.63) is 53.2 Å². The average molecular weight is 390 g/mol. The zero-order chi connectivity index (χ0) is 20.0. The van der Waals surface area contributed by atoms with Gasteiger partial charge in [0.1, 0.15) is 11.9 Å². The molecule has 0 radical (unpaired) electrons. The summed E-state index contributed by atoms with van der Waals surface area (Å²) < 4.78 is 10.8. The van der Waals surface area contributed by atoms with E-state index in [1.807, 2.05) is 45.0 Å². The number of aromatic amines is 1. The highest BCUT2D eigenvalue weighted by molar-refractivity contribution is 6.34. The van der Waals surface area contributed by atoms with Crippen LogP contribution in [0.2, 0.25) is 5.02 Å². The summed E-state index contributed by atoms with van der Waals surface area (Å²) in [5.41, 5.74) is 2.57. The van der Waals surface area contributed by atoms with Gasteiger partial charge in [0.25, 0.3) is 0 Å². The zero-order valence-electron chi connectivity index (χ0n) is 15.9. The predicted octanol–water partition coefficient (Wildman–Crippen LogP) is 5.63. The number of aromatic carboxylic acids is 1. The van der Waals surface area contributed by atoms with Gasteiger partial charge in [-0.1, -0.05) is 37.6 Å². The Hall–Kier alpha value is -2.50. The van der Waals surface area contributed by atoms with Crippen LogP contribution in [0.3, 0.4) is 0 Å². The molecule has 0 fully saturated rings. The first-order valence-corrected chi connectivity index (χ1v) is 9.17. The van der Waals surface area contributed by atoms with Gasteiger partial charge in [0.05, 0.1) is 17.2 Å². The highest BCUT2D eigenvalue weighted by atomic mass is 35.5. The molecule has 3 rings (SSSR count). The molecule has 5 nitrogen and oxygen atoms in total. The number of benzene rings is 2. The first-order chi connectivity index (χ1) is 13.0. The minimum absolute atomic E-state index is 0.0474. The number of carbonyl (C=O) groups is 1. The minimum atomic E-state index is -0.976. The van der Waals surface area contributed by atoms with Crippen molar-refractivity contribution >= 4 is 28.5 Å². The maximum absolute atomic E-state index is 11.3. The summed E-state index contributed by atoms with van der Waals surface area (Å²) in [5.74, 6) is -0.242. The summed E-state index contributed by atoms with van der Waals surface area (Å²) in [6.07, 6.45) is 1.43. The number of carboxylic acids is 1. The van der Waals surface area contributed by atoms with Crippen LogP contribution >= 0.6 is 11.6 Å². The number of aromatic nitrogens is 1. The van der Waals surface area contributed by atoms with E-state index < -0.39 is 5.97 Å². The largest absolute Gasteiger partial charge is 0.488 e. The van der Waals surface area contributed by atoms with E-state index in [9.17, 15) is 9.90 Å². The Bertz CT molecular complexity index is 902. The van der Waals surface area contributed by atoms with Gasteiger partial charge < -0.3 is 19.6 Å². The van der Waals surface area contributed by atoms with Crippen LogP contribution in [-0.2, 0) is 4.74 Å². The van der Waals surface area contributed by atoms with Crippen LogP contribution in [0.15, 0.2) is 42.6 Å². The molecule has 144 valence electrons. The average Bonchev–Trinajstić information content (AvgIpc) is 3.06. The van der Waals surface area contributed by atoms with E-state index in [4.69, 9.17) is 21.1 Å². The Kier molecular flexibility index (Phi) is 7.28. The Morgan fingerprint density at radius 1 is 1.22 bits per heavy atom. The lowest BCUT2D eigenvalue weighted by Gasteiger charge is -2.14. The van der Waals surface area contributed by atoms with Crippen LogP contribution in [0.1, 0.15) is 31.1 Å². The molecule has 27 heavy (non-hydrogen) atoms. The molecule has 0 aliphatic carbocycles. The third-order valence-corrected chi connectivity index (χ3v) is 4.22. The van der Waals surface area contributed by atoms with Crippen molar-refractivity contribution in [3.8, 4) is 16.9 Å². The maximum Gasteiger partial charge on any atom is 0.337 e. The molecule has 2 N–H and O–H groups in total. The van der Waals surface area contributed by atoms with Crippen molar-refractivity contribution in [2.75, 3.05) is 13.7 Å². The van der Waals surface area contributed by atoms with E-state index in [-0.39, 0.29) is 11.7 Å². The van der Waals surface area contributed by atoms with Crippen molar-refractivity contribution in [2.45, 2.75) is 26.9 Å². The molecular formula is C21H24ClNO4. The van der Waals surface area contributed by atoms with Gasteiger partial charge in [-0.25, -0.2) is 4.79 Å². The van der Waals surface area contributed by atoms with Gasteiger partial charge in [-0.15, -0.1) is 0 Å². The lowest BCUT2D eigenvalue weighted by molar-refractivity contribution is 0.0699. The maximum atomic E-state index is 11.3. The highest BCUT2D eigenvalue weighted by Crippen LogP contribution is 2.34. The molecule has 1 heterocycles. The number of carboxylic acid groups (broad SMARTS) is 1. The van der Waals surface area contributed by atoms with E-state index in [0.717, 1.165) is 16.9 Å². The molecule has 0 unspecified atom stereocenters.